The van der Waals surface area contributed by atoms with E-state index >= 15 is 0 Å². The van der Waals surface area contributed by atoms with Gasteiger partial charge in [-0.15, -0.1) is 0 Å². The van der Waals surface area contributed by atoms with E-state index in [0.717, 1.165) is 19.3 Å². The molecule has 1 heteroatoms. The van der Waals surface area contributed by atoms with Gasteiger partial charge in [0, 0.05) is 25.4 Å². The second kappa shape index (κ2) is 5.77. The molecule has 1 aliphatic rings. The molecule has 0 radical (unpaired) electrons. The molecule has 0 atom stereocenters. The zero-order valence-corrected chi connectivity index (χ0v) is 13.2. The van der Waals surface area contributed by atoms with Crippen molar-refractivity contribution >= 4 is 5.57 Å². The van der Waals surface area contributed by atoms with Gasteiger partial charge in [0.05, 0.1) is 0 Å². The molecule has 0 fully saturated rings. The van der Waals surface area contributed by atoms with Crippen molar-refractivity contribution in [3.05, 3.63) is 76.5 Å². The number of nitrogens with zero attached hydrogens (tertiary/aromatic N) is 1. The van der Waals surface area contributed by atoms with E-state index in [9.17, 15) is 0 Å². The third kappa shape index (κ3) is 2.49. The first-order valence-electron chi connectivity index (χ1n) is 7.79. The molecule has 21 heavy (non-hydrogen) atoms. The quantitative estimate of drug-likeness (QED) is 0.780. The normalized spacial score (nSPS) is 13.2. The van der Waals surface area contributed by atoms with Gasteiger partial charge in [-0.2, -0.15) is 0 Å². The maximum atomic E-state index is 2.28. The van der Waals surface area contributed by atoms with Gasteiger partial charge in [-0.25, -0.2) is 0 Å². The van der Waals surface area contributed by atoms with Crippen molar-refractivity contribution in [3.63, 3.8) is 0 Å². The molecule has 2 aromatic rings. The Bertz CT molecular complexity index is 630. The fourth-order valence-corrected chi connectivity index (χ4v) is 3.41. The molecule has 108 valence electrons. The standard InChI is InChI=1S/C20H23N/c1-4-19(21(2)3)20-17-11-7-5-9-15(17)13-14-16-10-6-8-12-18(16)20/h5-12H,4,13-14H2,1-3H3. The van der Waals surface area contributed by atoms with Crippen molar-refractivity contribution in [2.24, 2.45) is 0 Å². The fraction of sp³-hybridized carbons (Fsp3) is 0.300. The van der Waals surface area contributed by atoms with E-state index < -0.39 is 0 Å². The van der Waals surface area contributed by atoms with Gasteiger partial charge < -0.3 is 4.90 Å². The summed E-state index contributed by atoms with van der Waals surface area (Å²) >= 11 is 0. The summed E-state index contributed by atoms with van der Waals surface area (Å²) in [6, 6.07) is 17.8. The molecule has 0 spiro atoms. The summed E-state index contributed by atoms with van der Waals surface area (Å²) in [6.07, 6.45) is 3.30. The second-order valence-corrected chi connectivity index (χ2v) is 5.88. The van der Waals surface area contributed by atoms with Gasteiger partial charge in [0.15, 0.2) is 0 Å². The van der Waals surface area contributed by atoms with Crippen LogP contribution in [0.2, 0.25) is 0 Å². The molecule has 0 aromatic heterocycles. The van der Waals surface area contributed by atoms with E-state index in [1.54, 1.807) is 0 Å². The minimum Gasteiger partial charge on any atom is -0.380 e. The molecule has 0 bridgehead atoms. The zero-order valence-electron chi connectivity index (χ0n) is 13.2. The molecule has 0 N–H and O–H groups in total. The molecule has 1 aliphatic carbocycles. The Labute approximate surface area is 127 Å². The van der Waals surface area contributed by atoms with Crippen LogP contribution >= 0.6 is 0 Å². The van der Waals surface area contributed by atoms with Crippen LogP contribution in [0.1, 0.15) is 35.6 Å². The van der Waals surface area contributed by atoms with Crippen LogP contribution < -0.4 is 0 Å². The summed E-state index contributed by atoms with van der Waals surface area (Å²) in [7, 11) is 4.31. The Balaban J connectivity index is 2.35. The smallest absolute Gasteiger partial charge is 0.0211 e. The first kappa shape index (κ1) is 13.9. The highest BCUT2D eigenvalue weighted by atomic mass is 15.1. The molecule has 0 amide bonds. The van der Waals surface area contributed by atoms with Crippen molar-refractivity contribution in [1.82, 2.24) is 4.90 Å². The summed E-state index contributed by atoms with van der Waals surface area (Å²) < 4.78 is 0. The fourth-order valence-electron chi connectivity index (χ4n) is 3.41. The Kier molecular flexibility index (Phi) is 3.83. The minimum absolute atomic E-state index is 1.05. The van der Waals surface area contributed by atoms with Gasteiger partial charge in [-0.05, 0) is 41.5 Å². The lowest BCUT2D eigenvalue weighted by molar-refractivity contribution is 0.497. The van der Waals surface area contributed by atoms with Crippen molar-refractivity contribution in [2.45, 2.75) is 26.2 Å². The van der Waals surface area contributed by atoms with Crippen LogP contribution in [0.4, 0.5) is 0 Å². The van der Waals surface area contributed by atoms with Crippen LogP contribution in [0.15, 0.2) is 54.2 Å². The number of rotatable bonds is 2. The highest BCUT2D eigenvalue weighted by Gasteiger charge is 2.20. The number of aryl methyl sites for hydroxylation is 2. The molecule has 2 aromatic carbocycles. The summed E-state index contributed by atoms with van der Waals surface area (Å²) in [5, 5.41) is 0. The van der Waals surface area contributed by atoms with E-state index in [1.807, 2.05) is 0 Å². The minimum atomic E-state index is 1.05. The summed E-state index contributed by atoms with van der Waals surface area (Å²) in [4.78, 5) is 2.27. The van der Waals surface area contributed by atoms with E-state index in [0.29, 0.717) is 0 Å². The van der Waals surface area contributed by atoms with Crippen LogP contribution in [0.3, 0.4) is 0 Å². The molecule has 0 saturated heterocycles. The number of fused-ring (bicyclic) bond motifs is 2. The molecule has 0 saturated carbocycles. The predicted molar refractivity (Wildman–Crippen MR) is 90.3 cm³/mol. The molecular formula is C20H23N. The van der Waals surface area contributed by atoms with Crippen molar-refractivity contribution < 1.29 is 0 Å². The topological polar surface area (TPSA) is 3.24 Å². The predicted octanol–water partition coefficient (Wildman–Crippen LogP) is 4.52. The van der Waals surface area contributed by atoms with E-state index in [4.69, 9.17) is 0 Å². The largest absolute Gasteiger partial charge is 0.380 e. The lowest BCUT2D eigenvalue weighted by atomic mass is 9.91. The van der Waals surface area contributed by atoms with E-state index in [1.165, 1.54) is 33.5 Å². The zero-order chi connectivity index (χ0) is 14.8. The molecule has 0 aliphatic heterocycles. The van der Waals surface area contributed by atoms with Crippen molar-refractivity contribution in [1.29, 1.82) is 0 Å². The van der Waals surface area contributed by atoms with Gasteiger partial charge in [0.1, 0.15) is 0 Å². The van der Waals surface area contributed by atoms with E-state index in [-0.39, 0.29) is 0 Å². The van der Waals surface area contributed by atoms with Crippen LogP contribution in [-0.4, -0.2) is 19.0 Å². The van der Waals surface area contributed by atoms with Crippen molar-refractivity contribution in [2.75, 3.05) is 14.1 Å². The second-order valence-electron chi connectivity index (χ2n) is 5.88. The highest BCUT2D eigenvalue weighted by Crippen LogP contribution is 2.36. The molecule has 0 unspecified atom stereocenters. The molecule has 3 rings (SSSR count). The van der Waals surface area contributed by atoms with Gasteiger partial charge in [-0.1, -0.05) is 55.5 Å². The summed E-state index contributed by atoms with van der Waals surface area (Å²) in [6.45, 7) is 2.25. The van der Waals surface area contributed by atoms with Crippen LogP contribution in [0, 0.1) is 0 Å². The number of hydrogen-bond donors (Lipinski definition) is 0. The maximum Gasteiger partial charge on any atom is 0.0211 e. The van der Waals surface area contributed by atoms with Gasteiger partial charge in [0.2, 0.25) is 0 Å². The third-order valence-electron chi connectivity index (χ3n) is 4.40. The highest BCUT2D eigenvalue weighted by molar-refractivity contribution is 5.85. The lowest BCUT2D eigenvalue weighted by Gasteiger charge is -2.23. The number of allylic oxidation sites excluding steroid dienone is 1. The molecule has 1 nitrogen and oxygen atoms in total. The Morgan fingerprint density at radius 2 is 1.33 bits per heavy atom. The summed E-state index contributed by atoms with van der Waals surface area (Å²) in [5.74, 6) is 0. The van der Waals surface area contributed by atoms with Crippen molar-refractivity contribution in [3.8, 4) is 0 Å². The maximum absolute atomic E-state index is 2.28. The first-order chi connectivity index (χ1) is 10.2. The Morgan fingerprint density at radius 1 is 0.857 bits per heavy atom. The van der Waals surface area contributed by atoms with Gasteiger partial charge in [0.25, 0.3) is 0 Å². The Morgan fingerprint density at radius 3 is 1.76 bits per heavy atom. The number of hydrogen-bond acceptors (Lipinski definition) is 1. The van der Waals surface area contributed by atoms with Gasteiger partial charge in [-0.3, -0.25) is 0 Å². The monoisotopic (exact) mass is 277 g/mol. The first-order valence-corrected chi connectivity index (χ1v) is 7.79. The molecular weight excluding hydrogens is 254 g/mol. The third-order valence-corrected chi connectivity index (χ3v) is 4.40. The average molecular weight is 277 g/mol. The number of benzene rings is 2. The summed E-state index contributed by atoms with van der Waals surface area (Å²) in [5.41, 5.74) is 8.59. The van der Waals surface area contributed by atoms with Gasteiger partial charge >= 0.3 is 0 Å². The Hall–Kier alpha value is -2.02. The lowest BCUT2D eigenvalue weighted by Crippen LogP contribution is -2.13. The van der Waals surface area contributed by atoms with Crippen LogP contribution in [0.25, 0.3) is 5.57 Å². The average Bonchev–Trinajstić information content (AvgIpc) is 2.66. The van der Waals surface area contributed by atoms with E-state index in [2.05, 4.69) is 74.4 Å². The molecule has 0 heterocycles. The van der Waals surface area contributed by atoms with Crippen LogP contribution in [-0.2, 0) is 12.8 Å². The van der Waals surface area contributed by atoms with Crippen LogP contribution in [0.5, 0.6) is 0 Å². The SMILES string of the molecule is CCC(=C1c2ccccc2CCc2ccccc21)N(C)C.